The third-order valence-corrected chi connectivity index (χ3v) is 7.95. The Kier molecular flexibility index (Phi) is 6.76. The molecule has 1 atom stereocenters. The number of piperazine rings is 1. The number of anilines is 1. The predicted octanol–water partition coefficient (Wildman–Crippen LogP) is 1.67. The van der Waals surface area contributed by atoms with Crippen LogP contribution in [0.3, 0.4) is 0 Å². The van der Waals surface area contributed by atoms with Gasteiger partial charge in [-0.25, -0.2) is 8.42 Å². The zero-order chi connectivity index (χ0) is 19.3. The summed E-state index contributed by atoms with van der Waals surface area (Å²) < 4.78 is 24.6. The third-order valence-electron chi connectivity index (χ3n) is 5.80. The molecule has 1 aromatic carbocycles. The Hall–Kier alpha value is -1.60. The standard InChI is InChI=1S/C20H31N3O3S/c1-17(15-21-20(24)16-27(25,26)19-9-5-6-10-19)22-11-13-23(14-12-22)18-7-3-2-4-8-18/h2-4,7-8,17,19H,5-6,9-16H2,1H3,(H,21,24). The highest BCUT2D eigenvalue weighted by Gasteiger charge is 2.30. The van der Waals surface area contributed by atoms with Crippen LogP contribution in [0.1, 0.15) is 32.6 Å². The van der Waals surface area contributed by atoms with Crippen LogP contribution in [-0.2, 0) is 14.6 Å². The van der Waals surface area contributed by atoms with Crippen molar-refractivity contribution < 1.29 is 13.2 Å². The summed E-state index contributed by atoms with van der Waals surface area (Å²) in [5.74, 6) is -0.733. The first-order valence-corrected chi connectivity index (χ1v) is 11.7. The maximum Gasteiger partial charge on any atom is 0.235 e. The number of sulfone groups is 1. The molecule has 0 radical (unpaired) electrons. The Morgan fingerprint density at radius 1 is 1.11 bits per heavy atom. The molecule has 150 valence electrons. The van der Waals surface area contributed by atoms with E-state index in [1.165, 1.54) is 5.69 Å². The second-order valence-electron chi connectivity index (χ2n) is 7.73. The van der Waals surface area contributed by atoms with Crippen molar-refractivity contribution in [2.45, 2.75) is 43.9 Å². The summed E-state index contributed by atoms with van der Waals surface area (Å²) in [4.78, 5) is 16.8. The van der Waals surface area contributed by atoms with Crippen LogP contribution in [0.4, 0.5) is 5.69 Å². The van der Waals surface area contributed by atoms with Crippen molar-refractivity contribution in [1.29, 1.82) is 0 Å². The zero-order valence-corrected chi connectivity index (χ0v) is 17.0. The summed E-state index contributed by atoms with van der Waals surface area (Å²) in [5.41, 5.74) is 1.25. The fourth-order valence-electron chi connectivity index (χ4n) is 4.05. The maximum atomic E-state index is 12.3. The van der Waals surface area contributed by atoms with Crippen molar-refractivity contribution in [2.24, 2.45) is 0 Å². The monoisotopic (exact) mass is 393 g/mol. The minimum absolute atomic E-state index is 0.195. The second kappa shape index (κ2) is 9.06. The number of hydrogen-bond acceptors (Lipinski definition) is 5. The lowest BCUT2D eigenvalue weighted by molar-refractivity contribution is -0.118. The average Bonchev–Trinajstić information content (AvgIpc) is 3.22. The molecule has 27 heavy (non-hydrogen) atoms. The van der Waals surface area contributed by atoms with Gasteiger partial charge in [-0.3, -0.25) is 9.69 Å². The minimum Gasteiger partial charge on any atom is -0.369 e. The van der Waals surface area contributed by atoms with Crippen LogP contribution in [0.5, 0.6) is 0 Å². The van der Waals surface area contributed by atoms with Gasteiger partial charge in [-0.2, -0.15) is 0 Å². The lowest BCUT2D eigenvalue weighted by atomic mass is 10.2. The van der Waals surface area contributed by atoms with E-state index in [9.17, 15) is 13.2 Å². The van der Waals surface area contributed by atoms with Crippen molar-refractivity contribution >= 4 is 21.4 Å². The molecule has 2 fully saturated rings. The van der Waals surface area contributed by atoms with E-state index in [2.05, 4.69) is 46.3 Å². The van der Waals surface area contributed by atoms with Gasteiger partial charge in [-0.1, -0.05) is 31.0 Å². The van der Waals surface area contributed by atoms with E-state index in [0.717, 1.165) is 39.0 Å². The summed E-state index contributed by atoms with van der Waals surface area (Å²) in [7, 11) is -3.30. The Morgan fingerprint density at radius 3 is 2.37 bits per heavy atom. The Morgan fingerprint density at radius 2 is 1.74 bits per heavy atom. The highest BCUT2D eigenvalue weighted by Crippen LogP contribution is 2.25. The number of nitrogens with zero attached hydrogens (tertiary/aromatic N) is 2. The highest BCUT2D eigenvalue weighted by atomic mass is 32.2. The van der Waals surface area contributed by atoms with E-state index in [-0.39, 0.29) is 23.0 Å². The summed E-state index contributed by atoms with van der Waals surface area (Å²) in [5, 5.41) is 2.52. The van der Waals surface area contributed by atoms with E-state index >= 15 is 0 Å². The molecular formula is C20H31N3O3S. The predicted molar refractivity (Wildman–Crippen MR) is 109 cm³/mol. The van der Waals surface area contributed by atoms with Crippen molar-refractivity contribution in [1.82, 2.24) is 10.2 Å². The molecule has 1 aliphatic carbocycles. The lowest BCUT2D eigenvalue weighted by Gasteiger charge is -2.39. The van der Waals surface area contributed by atoms with Crippen LogP contribution in [-0.4, -0.2) is 69.0 Å². The molecule has 6 nitrogen and oxygen atoms in total. The van der Waals surface area contributed by atoms with E-state index < -0.39 is 9.84 Å². The van der Waals surface area contributed by atoms with Crippen LogP contribution in [0.25, 0.3) is 0 Å². The molecule has 7 heteroatoms. The van der Waals surface area contributed by atoms with Crippen molar-refractivity contribution in [2.75, 3.05) is 43.4 Å². The van der Waals surface area contributed by atoms with Crippen molar-refractivity contribution in [3.63, 3.8) is 0 Å². The number of nitrogens with one attached hydrogen (secondary N) is 1. The molecular weight excluding hydrogens is 362 g/mol. The van der Waals surface area contributed by atoms with Gasteiger partial charge in [-0.15, -0.1) is 0 Å². The van der Waals surface area contributed by atoms with E-state index in [1.807, 2.05) is 6.07 Å². The Labute approximate surface area is 162 Å². The molecule has 1 N–H and O–H groups in total. The maximum absolute atomic E-state index is 12.3. The SMILES string of the molecule is CC(CNC(=O)CS(=O)(=O)C1CCCC1)N1CCN(c2ccccc2)CC1. The van der Waals surface area contributed by atoms with Crippen LogP contribution in [0, 0.1) is 0 Å². The van der Waals surface area contributed by atoms with Crippen LogP contribution < -0.4 is 10.2 Å². The van der Waals surface area contributed by atoms with Gasteiger partial charge in [0.1, 0.15) is 5.75 Å². The second-order valence-corrected chi connectivity index (χ2v) is 10.0. The van der Waals surface area contributed by atoms with Crippen molar-refractivity contribution in [3.05, 3.63) is 30.3 Å². The quantitative estimate of drug-likeness (QED) is 0.763. The van der Waals surface area contributed by atoms with Gasteiger partial charge < -0.3 is 10.2 Å². The molecule has 0 bridgehead atoms. The number of benzene rings is 1. The first-order chi connectivity index (χ1) is 13.0. The summed E-state index contributed by atoms with van der Waals surface area (Å²) in [6, 6.07) is 10.6. The van der Waals surface area contributed by atoms with E-state index in [1.54, 1.807) is 0 Å². The third kappa shape index (κ3) is 5.45. The number of hydrogen-bond donors (Lipinski definition) is 1. The van der Waals surface area contributed by atoms with Gasteiger partial charge in [0.25, 0.3) is 0 Å². The Bertz CT molecular complexity index is 709. The summed E-state index contributed by atoms with van der Waals surface area (Å²) in [6.07, 6.45) is 3.32. The van der Waals surface area contributed by atoms with Crippen LogP contribution in [0.15, 0.2) is 30.3 Å². The number of carbonyl (C=O) groups is 1. The fraction of sp³-hybridized carbons (Fsp3) is 0.650. The fourth-order valence-corrected chi connectivity index (χ4v) is 5.80. The molecule has 2 aliphatic rings. The number of para-hydroxylation sites is 1. The smallest absolute Gasteiger partial charge is 0.235 e. The lowest BCUT2D eigenvalue weighted by Crippen LogP contribution is -2.52. The molecule has 1 unspecified atom stereocenters. The van der Waals surface area contributed by atoms with E-state index in [0.29, 0.717) is 19.4 Å². The first-order valence-electron chi connectivity index (χ1n) is 9.98. The first kappa shape index (κ1) is 20.1. The van der Waals surface area contributed by atoms with Gasteiger partial charge in [0.05, 0.1) is 5.25 Å². The van der Waals surface area contributed by atoms with Gasteiger partial charge in [-0.05, 0) is 31.9 Å². The van der Waals surface area contributed by atoms with Crippen LogP contribution in [0.2, 0.25) is 0 Å². The molecule has 1 aromatic rings. The van der Waals surface area contributed by atoms with Gasteiger partial charge in [0.15, 0.2) is 9.84 Å². The van der Waals surface area contributed by atoms with Gasteiger partial charge in [0.2, 0.25) is 5.91 Å². The summed E-state index contributed by atoms with van der Waals surface area (Å²) in [6.45, 7) is 6.36. The molecule has 1 amide bonds. The van der Waals surface area contributed by atoms with Gasteiger partial charge >= 0.3 is 0 Å². The normalized spacial score (nSPS) is 20.6. The molecule has 0 spiro atoms. The van der Waals surface area contributed by atoms with E-state index in [4.69, 9.17) is 0 Å². The summed E-state index contributed by atoms with van der Waals surface area (Å²) >= 11 is 0. The van der Waals surface area contributed by atoms with Crippen molar-refractivity contribution in [3.8, 4) is 0 Å². The Balaban J connectivity index is 1.40. The molecule has 1 heterocycles. The zero-order valence-electron chi connectivity index (χ0n) is 16.1. The van der Waals surface area contributed by atoms with Crippen LogP contribution >= 0.6 is 0 Å². The molecule has 3 rings (SSSR count). The molecule has 1 saturated carbocycles. The number of amides is 1. The average molecular weight is 394 g/mol. The molecule has 1 saturated heterocycles. The number of carbonyl (C=O) groups excluding carboxylic acids is 1. The topological polar surface area (TPSA) is 69.7 Å². The van der Waals surface area contributed by atoms with Gasteiger partial charge in [0, 0.05) is 44.5 Å². The highest BCUT2D eigenvalue weighted by molar-refractivity contribution is 7.92. The largest absolute Gasteiger partial charge is 0.369 e. The minimum atomic E-state index is -3.30. The number of rotatable bonds is 7. The molecule has 1 aliphatic heterocycles. The molecule has 0 aromatic heterocycles.